The number of anilines is 1. The molecule has 5 heteroatoms. The molecule has 1 aliphatic heterocycles. The molecule has 2 aliphatic rings. The first-order chi connectivity index (χ1) is 12.1. The molecule has 3 rings (SSSR count). The molecule has 1 aliphatic carbocycles. The van der Waals surface area contributed by atoms with E-state index in [9.17, 15) is 9.59 Å². The number of carbonyl (C=O) groups is 2. The Morgan fingerprint density at radius 3 is 2.52 bits per heavy atom. The first-order valence-electron chi connectivity index (χ1n) is 9.43. The Kier molecular flexibility index (Phi) is 5.61. The molecule has 0 spiro atoms. The van der Waals surface area contributed by atoms with Gasteiger partial charge in [-0.3, -0.25) is 9.59 Å². The van der Waals surface area contributed by atoms with Crippen LogP contribution in [0.4, 0.5) is 5.69 Å². The van der Waals surface area contributed by atoms with Gasteiger partial charge in [-0.25, -0.2) is 0 Å². The number of carbonyl (C=O) groups excluding carboxylic acids is 2. The van der Waals surface area contributed by atoms with E-state index in [1.54, 1.807) is 6.92 Å². The van der Waals surface area contributed by atoms with Crippen molar-refractivity contribution in [2.24, 2.45) is 5.92 Å². The van der Waals surface area contributed by atoms with Gasteiger partial charge in [0.05, 0.1) is 0 Å². The Morgan fingerprint density at radius 2 is 1.88 bits per heavy atom. The summed E-state index contributed by atoms with van der Waals surface area (Å²) >= 11 is 0. The van der Waals surface area contributed by atoms with E-state index < -0.39 is 6.04 Å². The lowest BCUT2D eigenvalue weighted by Crippen LogP contribution is -2.54. The molecular formula is C20H29N3O2. The maximum atomic E-state index is 12.7. The van der Waals surface area contributed by atoms with Crippen molar-refractivity contribution >= 4 is 17.5 Å². The highest BCUT2D eigenvalue weighted by Gasteiger charge is 2.31. The normalized spacial score (nSPS) is 22.0. The van der Waals surface area contributed by atoms with Crippen LogP contribution in [0.25, 0.3) is 0 Å². The fourth-order valence-corrected chi connectivity index (χ4v) is 3.69. The first-order valence-corrected chi connectivity index (χ1v) is 9.43. The Bertz CT molecular complexity index is 600. The fourth-order valence-electron chi connectivity index (χ4n) is 3.69. The number of nitrogens with one attached hydrogen (secondary N) is 1. The summed E-state index contributed by atoms with van der Waals surface area (Å²) in [5.74, 6) is 0.159. The second-order valence-electron chi connectivity index (χ2n) is 7.38. The number of hydrogen-bond donors (Lipinski definition) is 1. The average molecular weight is 343 g/mol. The van der Waals surface area contributed by atoms with E-state index in [0.29, 0.717) is 0 Å². The van der Waals surface area contributed by atoms with Gasteiger partial charge >= 0.3 is 0 Å². The molecule has 0 aromatic heterocycles. The molecule has 0 radical (unpaired) electrons. The summed E-state index contributed by atoms with van der Waals surface area (Å²) in [5, 5.41) is 2.90. The lowest BCUT2D eigenvalue weighted by atomic mass is 9.84. The van der Waals surface area contributed by atoms with Gasteiger partial charge in [0.1, 0.15) is 6.04 Å². The third kappa shape index (κ3) is 4.14. The van der Waals surface area contributed by atoms with Crippen LogP contribution < -0.4 is 10.2 Å². The molecular weight excluding hydrogens is 314 g/mol. The van der Waals surface area contributed by atoms with Gasteiger partial charge in [0, 0.05) is 37.8 Å². The molecule has 0 bridgehead atoms. The molecule has 0 unspecified atom stereocenters. The average Bonchev–Trinajstić information content (AvgIpc) is 2.59. The number of piperidine rings is 1. The molecule has 2 fully saturated rings. The van der Waals surface area contributed by atoms with Crippen molar-refractivity contribution in [1.82, 2.24) is 10.2 Å². The fraction of sp³-hybridized carbons (Fsp3) is 0.600. The van der Waals surface area contributed by atoms with E-state index in [-0.39, 0.29) is 23.8 Å². The number of nitrogens with zero attached hydrogens (tertiary/aromatic N) is 2. The van der Waals surface area contributed by atoms with E-state index in [0.717, 1.165) is 45.2 Å². The van der Waals surface area contributed by atoms with Gasteiger partial charge in [-0.2, -0.15) is 0 Å². The zero-order valence-electron chi connectivity index (χ0n) is 15.3. The van der Waals surface area contributed by atoms with Crippen LogP contribution in [0.1, 0.15) is 39.0 Å². The van der Waals surface area contributed by atoms with Gasteiger partial charge < -0.3 is 15.1 Å². The predicted molar refractivity (Wildman–Crippen MR) is 99.4 cm³/mol. The van der Waals surface area contributed by atoms with E-state index >= 15 is 0 Å². The van der Waals surface area contributed by atoms with Gasteiger partial charge in [-0.1, -0.05) is 24.6 Å². The molecule has 5 nitrogen and oxygen atoms in total. The predicted octanol–water partition coefficient (Wildman–Crippen LogP) is 2.42. The first kappa shape index (κ1) is 17.8. The summed E-state index contributed by atoms with van der Waals surface area (Å²) in [5.41, 5.74) is 1.21. The van der Waals surface area contributed by atoms with Crippen molar-refractivity contribution in [3.63, 3.8) is 0 Å². The minimum Gasteiger partial charge on any atom is -0.369 e. The van der Waals surface area contributed by atoms with Crippen LogP contribution in [0, 0.1) is 5.92 Å². The quantitative estimate of drug-likeness (QED) is 0.893. The Hall–Kier alpha value is -2.04. The summed E-state index contributed by atoms with van der Waals surface area (Å²) in [6.45, 7) is 3.67. The number of likely N-dealkylation sites (N-methyl/N-ethyl adjacent to an activating group) is 1. The van der Waals surface area contributed by atoms with Crippen molar-refractivity contribution in [1.29, 1.82) is 0 Å². The Balaban J connectivity index is 1.56. The highest BCUT2D eigenvalue weighted by Crippen LogP contribution is 2.26. The van der Waals surface area contributed by atoms with Gasteiger partial charge in [-0.05, 0) is 44.7 Å². The van der Waals surface area contributed by atoms with Gasteiger partial charge in [-0.15, -0.1) is 0 Å². The van der Waals surface area contributed by atoms with Crippen molar-refractivity contribution in [3.05, 3.63) is 30.3 Å². The van der Waals surface area contributed by atoms with Crippen LogP contribution in [0.2, 0.25) is 0 Å². The second kappa shape index (κ2) is 7.89. The van der Waals surface area contributed by atoms with Crippen molar-refractivity contribution in [2.75, 3.05) is 25.0 Å². The lowest BCUT2D eigenvalue weighted by Gasteiger charge is -2.39. The van der Waals surface area contributed by atoms with Crippen molar-refractivity contribution < 1.29 is 9.59 Å². The van der Waals surface area contributed by atoms with Crippen LogP contribution in [0.3, 0.4) is 0 Å². The number of amides is 2. The highest BCUT2D eigenvalue weighted by molar-refractivity contribution is 5.88. The van der Waals surface area contributed by atoms with Crippen LogP contribution in [-0.4, -0.2) is 48.9 Å². The molecule has 1 saturated carbocycles. The smallest absolute Gasteiger partial charge is 0.244 e. The van der Waals surface area contributed by atoms with E-state index in [4.69, 9.17) is 0 Å². The summed E-state index contributed by atoms with van der Waals surface area (Å²) in [4.78, 5) is 29.0. The molecule has 136 valence electrons. The van der Waals surface area contributed by atoms with Crippen LogP contribution >= 0.6 is 0 Å². The zero-order chi connectivity index (χ0) is 17.8. The van der Waals surface area contributed by atoms with Crippen LogP contribution in [0.15, 0.2) is 30.3 Å². The van der Waals surface area contributed by atoms with Gasteiger partial charge in [0.15, 0.2) is 0 Å². The zero-order valence-corrected chi connectivity index (χ0v) is 15.3. The molecule has 1 saturated heterocycles. The number of rotatable bonds is 5. The topological polar surface area (TPSA) is 52.7 Å². The van der Waals surface area contributed by atoms with Crippen molar-refractivity contribution in [3.8, 4) is 0 Å². The van der Waals surface area contributed by atoms with E-state index in [1.165, 1.54) is 5.69 Å². The van der Waals surface area contributed by atoms with Crippen molar-refractivity contribution in [2.45, 2.75) is 51.1 Å². The SMILES string of the molecule is C[C@@H](NC(=O)C1CCC1)C(=O)N(C)[C@@H]1CCCN(c2ccccc2)C1. The van der Waals surface area contributed by atoms with Gasteiger partial charge in [0.2, 0.25) is 11.8 Å². The standard InChI is InChI=1S/C20H29N3O2/c1-15(21-19(24)16-8-6-9-16)20(25)22(2)18-12-7-13-23(14-18)17-10-4-3-5-11-17/h3-5,10-11,15-16,18H,6-9,12-14H2,1-2H3,(H,21,24)/t15-,18-/m1/s1. The highest BCUT2D eigenvalue weighted by atomic mass is 16.2. The Labute approximate surface area is 150 Å². The minimum absolute atomic E-state index is 0.00702. The lowest BCUT2D eigenvalue weighted by molar-refractivity contribution is -0.138. The number of para-hydroxylation sites is 1. The molecule has 1 aromatic rings. The Morgan fingerprint density at radius 1 is 1.16 bits per heavy atom. The molecule has 1 aromatic carbocycles. The molecule has 2 amide bonds. The minimum atomic E-state index is -0.454. The van der Waals surface area contributed by atoms with E-state index in [2.05, 4.69) is 22.3 Å². The summed E-state index contributed by atoms with van der Waals surface area (Å²) < 4.78 is 0. The summed E-state index contributed by atoms with van der Waals surface area (Å²) in [6, 6.07) is 10.1. The van der Waals surface area contributed by atoms with E-state index in [1.807, 2.05) is 30.1 Å². The molecule has 1 N–H and O–H groups in total. The molecule has 2 atom stereocenters. The van der Waals surface area contributed by atoms with Crippen LogP contribution in [-0.2, 0) is 9.59 Å². The molecule has 25 heavy (non-hydrogen) atoms. The second-order valence-corrected chi connectivity index (χ2v) is 7.38. The maximum absolute atomic E-state index is 12.7. The summed E-state index contributed by atoms with van der Waals surface area (Å²) in [7, 11) is 1.87. The largest absolute Gasteiger partial charge is 0.369 e. The summed E-state index contributed by atoms with van der Waals surface area (Å²) in [6.07, 6.45) is 5.11. The third-order valence-corrected chi connectivity index (χ3v) is 5.62. The third-order valence-electron chi connectivity index (χ3n) is 5.62. The monoisotopic (exact) mass is 343 g/mol. The number of hydrogen-bond acceptors (Lipinski definition) is 3. The van der Waals surface area contributed by atoms with Gasteiger partial charge in [0.25, 0.3) is 0 Å². The number of benzene rings is 1. The molecule has 1 heterocycles. The van der Waals surface area contributed by atoms with Crippen LogP contribution in [0.5, 0.6) is 0 Å². The maximum Gasteiger partial charge on any atom is 0.244 e.